The largest absolute Gasteiger partial charge is 0.340 e. The molecule has 2 N–H and O–H groups in total. The van der Waals surface area contributed by atoms with E-state index in [1.54, 1.807) is 24.7 Å². The number of carbonyl (C=O) groups is 1. The van der Waals surface area contributed by atoms with Crippen molar-refractivity contribution in [1.29, 1.82) is 0 Å². The van der Waals surface area contributed by atoms with Gasteiger partial charge in [0.2, 0.25) is 0 Å². The van der Waals surface area contributed by atoms with Crippen LogP contribution in [-0.2, 0) is 0 Å². The summed E-state index contributed by atoms with van der Waals surface area (Å²) in [6, 6.07) is 5.83. The van der Waals surface area contributed by atoms with Gasteiger partial charge < -0.3 is 15.2 Å². The molecule has 0 aliphatic carbocycles. The summed E-state index contributed by atoms with van der Waals surface area (Å²) in [5, 5.41) is 3.46. The van der Waals surface area contributed by atoms with Crippen molar-refractivity contribution < 1.29 is 4.79 Å². The quantitative estimate of drug-likeness (QED) is 0.746. The van der Waals surface area contributed by atoms with Crippen molar-refractivity contribution in [2.24, 2.45) is 0 Å². The lowest BCUT2D eigenvalue weighted by Gasteiger charge is -2.34. The smallest absolute Gasteiger partial charge is 0.256 e. The molecule has 7 nitrogen and oxygen atoms in total. The standard InChI is InChI=1S/C17H18N6O/c1-11-21-15-13(4-7-20-16(15)22-11)17(24)23-9-8-19-14(10-23)12-2-5-18-6-3-12/h2-7,14,19H,8-10H2,1H3,(H,20,21,22). The van der Waals surface area contributed by atoms with Crippen molar-refractivity contribution in [3.8, 4) is 0 Å². The number of amides is 1. The van der Waals surface area contributed by atoms with Crippen molar-refractivity contribution in [3.05, 3.63) is 53.7 Å². The Morgan fingerprint density at radius 3 is 2.92 bits per heavy atom. The number of rotatable bonds is 2. The Kier molecular flexibility index (Phi) is 3.70. The highest BCUT2D eigenvalue weighted by molar-refractivity contribution is 6.04. The Morgan fingerprint density at radius 1 is 1.25 bits per heavy atom. The van der Waals surface area contributed by atoms with Gasteiger partial charge in [-0.1, -0.05) is 0 Å². The van der Waals surface area contributed by atoms with E-state index in [1.165, 1.54) is 0 Å². The number of aromatic nitrogens is 4. The van der Waals surface area contributed by atoms with Crippen molar-refractivity contribution in [3.63, 3.8) is 0 Å². The number of carbonyl (C=O) groups excluding carboxylic acids is 1. The zero-order chi connectivity index (χ0) is 16.5. The molecule has 1 aliphatic heterocycles. The van der Waals surface area contributed by atoms with Crippen LogP contribution in [0.4, 0.5) is 0 Å². The van der Waals surface area contributed by atoms with Crippen molar-refractivity contribution in [1.82, 2.24) is 30.2 Å². The first kappa shape index (κ1) is 14.8. The van der Waals surface area contributed by atoms with Crippen LogP contribution in [0.2, 0.25) is 0 Å². The molecule has 0 spiro atoms. The number of fused-ring (bicyclic) bond motifs is 1. The molecule has 3 aromatic heterocycles. The van der Waals surface area contributed by atoms with E-state index in [9.17, 15) is 4.79 Å². The first-order valence-electron chi connectivity index (χ1n) is 7.96. The number of piperazine rings is 1. The molecule has 24 heavy (non-hydrogen) atoms. The molecule has 1 saturated heterocycles. The van der Waals surface area contributed by atoms with Gasteiger partial charge >= 0.3 is 0 Å². The van der Waals surface area contributed by atoms with Gasteiger partial charge in [-0.2, -0.15) is 0 Å². The van der Waals surface area contributed by atoms with Crippen molar-refractivity contribution >= 4 is 17.1 Å². The molecule has 0 radical (unpaired) electrons. The second-order valence-electron chi connectivity index (χ2n) is 5.92. The fourth-order valence-electron chi connectivity index (χ4n) is 3.13. The third-order valence-corrected chi connectivity index (χ3v) is 4.31. The lowest BCUT2D eigenvalue weighted by molar-refractivity contribution is 0.0704. The fraction of sp³-hybridized carbons (Fsp3) is 0.294. The summed E-state index contributed by atoms with van der Waals surface area (Å²) >= 11 is 0. The van der Waals surface area contributed by atoms with E-state index >= 15 is 0 Å². The van der Waals surface area contributed by atoms with Crippen molar-refractivity contribution in [2.45, 2.75) is 13.0 Å². The Morgan fingerprint density at radius 2 is 2.08 bits per heavy atom. The highest BCUT2D eigenvalue weighted by Gasteiger charge is 2.26. The summed E-state index contributed by atoms with van der Waals surface area (Å²) in [4.78, 5) is 30.6. The lowest BCUT2D eigenvalue weighted by atomic mass is 10.1. The average molecular weight is 322 g/mol. The van der Waals surface area contributed by atoms with Gasteiger partial charge in [0.15, 0.2) is 5.65 Å². The number of aromatic amines is 1. The van der Waals surface area contributed by atoms with Crippen LogP contribution in [0, 0.1) is 6.92 Å². The molecule has 0 saturated carbocycles. The maximum atomic E-state index is 13.0. The number of hydrogen-bond acceptors (Lipinski definition) is 5. The van der Waals surface area contributed by atoms with Crippen LogP contribution in [0.25, 0.3) is 11.2 Å². The highest BCUT2D eigenvalue weighted by atomic mass is 16.2. The Balaban J connectivity index is 1.61. The van der Waals surface area contributed by atoms with Crippen LogP contribution in [0.15, 0.2) is 36.8 Å². The van der Waals surface area contributed by atoms with Gasteiger partial charge in [0.05, 0.1) is 17.1 Å². The number of hydrogen-bond donors (Lipinski definition) is 2. The SMILES string of the molecule is Cc1nc2nccc(C(=O)N3CCNC(c4ccncc4)C3)c2[nH]1. The monoisotopic (exact) mass is 322 g/mol. The first-order valence-corrected chi connectivity index (χ1v) is 7.96. The molecule has 1 atom stereocenters. The second kappa shape index (κ2) is 6.01. The van der Waals surface area contributed by atoms with Gasteiger partial charge in [-0.3, -0.25) is 9.78 Å². The van der Waals surface area contributed by atoms with Gasteiger partial charge in [-0.05, 0) is 30.7 Å². The molecule has 122 valence electrons. The van der Waals surface area contributed by atoms with E-state index < -0.39 is 0 Å². The van der Waals surface area contributed by atoms with Crippen LogP contribution in [0.1, 0.15) is 27.8 Å². The predicted octanol–water partition coefficient (Wildman–Crippen LogP) is 1.45. The number of pyridine rings is 2. The summed E-state index contributed by atoms with van der Waals surface area (Å²) in [6.45, 7) is 3.92. The fourth-order valence-corrected chi connectivity index (χ4v) is 3.13. The molecule has 0 bridgehead atoms. The third-order valence-electron chi connectivity index (χ3n) is 4.31. The third kappa shape index (κ3) is 2.63. The van der Waals surface area contributed by atoms with Crippen molar-refractivity contribution in [2.75, 3.05) is 19.6 Å². The zero-order valence-electron chi connectivity index (χ0n) is 13.4. The van der Waals surface area contributed by atoms with E-state index in [1.807, 2.05) is 24.0 Å². The first-order chi connectivity index (χ1) is 11.7. The minimum atomic E-state index is 0.00612. The topological polar surface area (TPSA) is 86.8 Å². The van der Waals surface area contributed by atoms with E-state index in [0.29, 0.717) is 29.8 Å². The summed E-state index contributed by atoms with van der Waals surface area (Å²) < 4.78 is 0. The highest BCUT2D eigenvalue weighted by Crippen LogP contribution is 2.21. The van der Waals surface area contributed by atoms with Crippen LogP contribution in [0.5, 0.6) is 0 Å². The van der Waals surface area contributed by atoms with Gasteiger partial charge in [-0.15, -0.1) is 0 Å². The molecule has 4 heterocycles. The van der Waals surface area contributed by atoms with Crippen LogP contribution in [-0.4, -0.2) is 50.4 Å². The maximum absolute atomic E-state index is 13.0. The summed E-state index contributed by atoms with van der Waals surface area (Å²) in [7, 11) is 0. The normalized spacial score (nSPS) is 18.0. The molecule has 4 rings (SSSR count). The average Bonchev–Trinajstić information content (AvgIpc) is 3.02. The molecule has 0 aromatic carbocycles. The minimum absolute atomic E-state index is 0.00612. The maximum Gasteiger partial charge on any atom is 0.256 e. The zero-order valence-corrected chi connectivity index (χ0v) is 13.4. The van der Waals surface area contributed by atoms with Crippen LogP contribution < -0.4 is 5.32 Å². The van der Waals surface area contributed by atoms with E-state index in [4.69, 9.17) is 0 Å². The van der Waals surface area contributed by atoms with Gasteiger partial charge in [0.1, 0.15) is 5.82 Å². The van der Waals surface area contributed by atoms with Gasteiger partial charge in [-0.25, -0.2) is 9.97 Å². The van der Waals surface area contributed by atoms with E-state index in [2.05, 4.69) is 25.3 Å². The molecule has 1 fully saturated rings. The Bertz CT molecular complexity index is 875. The molecule has 1 amide bonds. The molecular formula is C17H18N6O. The van der Waals surface area contributed by atoms with Gasteiger partial charge in [0, 0.05) is 38.2 Å². The Hall–Kier alpha value is -2.80. The molecule has 1 aliphatic rings. The molecular weight excluding hydrogens is 304 g/mol. The Labute approximate surface area is 139 Å². The lowest BCUT2D eigenvalue weighted by Crippen LogP contribution is -2.48. The summed E-state index contributed by atoms with van der Waals surface area (Å²) in [5.41, 5.74) is 3.05. The summed E-state index contributed by atoms with van der Waals surface area (Å²) in [6.07, 6.45) is 5.19. The predicted molar refractivity (Wildman–Crippen MR) is 89.5 cm³/mol. The van der Waals surface area contributed by atoms with Crippen LogP contribution in [0.3, 0.4) is 0 Å². The number of imidazole rings is 1. The number of nitrogens with one attached hydrogen (secondary N) is 2. The van der Waals surface area contributed by atoms with E-state index in [0.717, 1.165) is 17.9 Å². The number of nitrogens with zero attached hydrogens (tertiary/aromatic N) is 4. The minimum Gasteiger partial charge on any atom is -0.340 e. The number of H-pyrrole nitrogens is 1. The van der Waals surface area contributed by atoms with Crippen LogP contribution >= 0.6 is 0 Å². The molecule has 7 heteroatoms. The van der Waals surface area contributed by atoms with E-state index in [-0.39, 0.29) is 11.9 Å². The summed E-state index contributed by atoms with van der Waals surface area (Å²) in [5.74, 6) is 0.763. The van der Waals surface area contributed by atoms with Gasteiger partial charge in [0.25, 0.3) is 5.91 Å². The molecule has 3 aromatic rings. The molecule has 1 unspecified atom stereocenters. The number of aryl methyl sites for hydroxylation is 1. The second-order valence-corrected chi connectivity index (χ2v) is 5.92.